The van der Waals surface area contributed by atoms with Crippen molar-refractivity contribution in [1.29, 1.82) is 0 Å². The number of aryl methyl sites for hydroxylation is 1. The van der Waals surface area contributed by atoms with Gasteiger partial charge in [0.1, 0.15) is 18.1 Å². The summed E-state index contributed by atoms with van der Waals surface area (Å²) in [6, 6.07) is 21.8. The summed E-state index contributed by atoms with van der Waals surface area (Å²) in [5, 5.41) is 9.41. The highest BCUT2D eigenvalue weighted by Gasteiger charge is 2.28. The largest absolute Gasteiger partial charge is 0.405 e. The van der Waals surface area contributed by atoms with Crippen molar-refractivity contribution in [3.63, 3.8) is 0 Å². The predicted octanol–water partition coefficient (Wildman–Crippen LogP) is 6.23. The van der Waals surface area contributed by atoms with Crippen LogP contribution in [0.5, 0.6) is 0 Å². The van der Waals surface area contributed by atoms with Crippen LogP contribution in [0.4, 0.5) is 29.2 Å². The van der Waals surface area contributed by atoms with Gasteiger partial charge in [0.25, 0.3) is 5.91 Å². The summed E-state index contributed by atoms with van der Waals surface area (Å²) in [5.74, 6) is -0.809. The summed E-state index contributed by atoms with van der Waals surface area (Å²) in [6.45, 7) is 0.317. The van der Waals surface area contributed by atoms with E-state index in [1.807, 2.05) is 47.9 Å². The van der Waals surface area contributed by atoms with E-state index in [0.29, 0.717) is 22.8 Å². The Morgan fingerprint density at radius 3 is 2.14 bits per heavy atom. The SMILES string of the molecule is Cc1cc(C(=O)NCC(F)(F)F)ccc1Nc1nc2ccc(-c3ccc(CC(=O)Cc4ccc(F)cc4)cc3)cn2n1. The van der Waals surface area contributed by atoms with Crippen LogP contribution in [-0.2, 0) is 17.6 Å². The zero-order valence-electron chi connectivity index (χ0n) is 22.4. The molecule has 7 nitrogen and oxygen atoms in total. The van der Waals surface area contributed by atoms with E-state index in [1.165, 1.54) is 24.3 Å². The van der Waals surface area contributed by atoms with Gasteiger partial charge in [-0.15, -0.1) is 5.10 Å². The van der Waals surface area contributed by atoms with Gasteiger partial charge in [-0.1, -0.05) is 36.4 Å². The number of nitrogens with one attached hydrogen (secondary N) is 2. The maximum absolute atomic E-state index is 13.1. The van der Waals surface area contributed by atoms with Gasteiger partial charge in [0.2, 0.25) is 5.95 Å². The fraction of sp³-hybridized carbons (Fsp3) is 0.161. The third-order valence-electron chi connectivity index (χ3n) is 6.52. The Hall–Kier alpha value is -5.06. The number of ketones is 1. The smallest absolute Gasteiger partial charge is 0.343 e. The summed E-state index contributed by atoms with van der Waals surface area (Å²) < 4.78 is 51.9. The van der Waals surface area contributed by atoms with Crippen molar-refractivity contribution in [1.82, 2.24) is 19.9 Å². The Morgan fingerprint density at radius 1 is 0.857 bits per heavy atom. The van der Waals surface area contributed by atoms with E-state index >= 15 is 0 Å². The molecule has 0 aliphatic carbocycles. The number of nitrogens with zero attached hydrogens (tertiary/aromatic N) is 3. The highest BCUT2D eigenvalue weighted by molar-refractivity contribution is 5.95. The lowest BCUT2D eigenvalue weighted by molar-refractivity contribution is -0.123. The van der Waals surface area contributed by atoms with Crippen molar-refractivity contribution in [2.45, 2.75) is 25.9 Å². The van der Waals surface area contributed by atoms with E-state index in [1.54, 1.807) is 29.6 Å². The molecule has 0 saturated carbocycles. The molecule has 5 aromatic rings. The molecule has 1 amide bonds. The van der Waals surface area contributed by atoms with Crippen LogP contribution in [-0.4, -0.2) is 39.0 Å². The molecule has 3 aromatic carbocycles. The fourth-order valence-electron chi connectivity index (χ4n) is 4.39. The number of carbonyl (C=O) groups is 2. The van der Waals surface area contributed by atoms with E-state index in [4.69, 9.17) is 0 Å². The van der Waals surface area contributed by atoms with Crippen molar-refractivity contribution >= 4 is 29.0 Å². The molecule has 42 heavy (non-hydrogen) atoms. The van der Waals surface area contributed by atoms with Crippen LogP contribution in [0.1, 0.15) is 27.0 Å². The Bertz CT molecular complexity index is 1750. The van der Waals surface area contributed by atoms with E-state index < -0.39 is 18.6 Å². The average Bonchev–Trinajstić information content (AvgIpc) is 3.36. The second kappa shape index (κ2) is 11.8. The number of amides is 1. The molecule has 0 spiro atoms. The van der Waals surface area contributed by atoms with Crippen molar-refractivity contribution in [3.05, 3.63) is 113 Å². The molecule has 0 atom stereocenters. The summed E-state index contributed by atoms with van der Waals surface area (Å²) in [5.41, 5.74) is 5.38. The average molecular weight is 576 g/mol. The van der Waals surface area contributed by atoms with Gasteiger partial charge in [-0.3, -0.25) is 9.59 Å². The van der Waals surface area contributed by atoms with Crippen molar-refractivity contribution in [2.24, 2.45) is 0 Å². The monoisotopic (exact) mass is 575 g/mol. The fourth-order valence-corrected chi connectivity index (χ4v) is 4.39. The first-order chi connectivity index (χ1) is 20.0. The Labute approximate surface area is 238 Å². The normalized spacial score (nSPS) is 11.5. The Kier molecular flexibility index (Phi) is 8.01. The van der Waals surface area contributed by atoms with Crippen molar-refractivity contribution in [2.75, 3.05) is 11.9 Å². The molecule has 0 bridgehead atoms. The first-order valence-corrected chi connectivity index (χ1v) is 13.0. The van der Waals surface area contributed by atoms with E-state index in [0.717, 1.165) is 22.3 Å². The lowest BCUT2D eigenvalue weighted by Gasteiger charge is -2.10. The maximum Gasteiger partial charge on any atom is 0.405 e. The summed E-state index contributed by atoms with van der Waals surface area (Å²) in [4.78, 5) is 29.0. The van der Waals surface area contributed by atoms with Crippen molar-refractivity contribution < 1.29 is 27.2 Å². The lowest BCUT2D eigenvalue weighted by atomic mass is 10.0. The number of anilines is 2. The molecule has 0 aliphatic heterocycles. The van der Waals surface area contributed by atoms with Gasteiger partial charge in [-0.25, -0.2) is 8.91 Å². The van der Waals surface area contributed by atoms with Crippen LogP contribution in [0.3, 0.4) is 0 Å². The van der Waals surface area contributed by atoms with Gasteiger partial charge >= 0.3 is 6.18 Å². The number of fused-ring (bicyclic) bond motifs is 1. The molecule has 0 fully saturated rings. The van der Waals surface area contributed by atoms with E-state index in [2.05, 4.69) is 15.4 Å². The predicted molar refractivity (Wildman–Crippen MR) is 150 cm³/mol. The highest BCUT2D eigenvalue weighted by Crippen LogP contribution is 2.24. The zero-order valence-corrected chi connectivity index (χ0v) is 22.4. The molecule has 2 N–H and O–H groups in total. The van der Waals surface area contributed by atoms with Gasteiger partial charge < -0.3 is 10.6 Å². The molecular weight excluding hydrogens is 550 g/mol. The number of Topliss-reactive ketones (excluding diaryl/α,β-unsaturated/α-hetero) is 1. The number of rotatable bonds is 9. The molecule has 2 aromatic heterocycles. The van der Waals surface area contributed by atoms with Crippen LogP contribution in [0.25, 0.3) is 16.8 Å². The number of carbonyl (C=O) groups excluding carboxylic acids is 2. The summed E-state index contributed by atoms with van der Waals surface area (Å²) in [6.07, 6.45) is -2.16. The minimum Gasteiger partial charge on any atom is -0.343 e. The Balaban J connectivity index is 1.23. The quantitative estimate of drug-likeness (QED) is 0.203. The summed E-state index contributed by atoms with van der Waals surface area (Å²) in [7, 11) is 0. The minimum atomic E-state index is -4.49. The first-order valence-electron chi connectivity index (χ1n) is 13.0. The molecule has 214 valence electrons. The number of hydrogen-bond acceptors (Lipinski definition) is 5. The van der Waals surface area contributed by atoms with Gasteiger partial charge in [0.15, 0.2) is 5.65 Å². The number of aromatic nitrogens is 3. The molecule has 5 rings (SSSR count). The lowest BCUT2D eigenvalue weighted by Crippen LogP contribution is -2.33. The standard InChI is InChI=1S/C31H25F4N5O2/c1-19-14-23(29(42)36-18-31(33,34)35)8-12-27(19)37-30-38-28-13-9-24(17-40(28)39-30)22-6-2-20(3-7-22)15-26(41)16-21-4-10-25(32)11-5-21/h2-14,17H,15-16,18H2,1H3,(H,36,42)(H,37,39). The van der Waals surface area contributed by atoms with Gasteiger partial charge in [-0.05, 0) is 71.6 Å². The second-order valence-corrected chi connectivity index (χ2v) is 9.82. The molecule has 11 heteroatoms. The molecule has 0 radical (unpaired) electrons. The van der Waals surface area contributed by atoms with Gasteiger partial charge in [0.05, 0.1) is 0 Å². The topological polar surface area (TPSA) is 88.4 Å². The first kappa shape index (κ1) is 28.5. The van der Waals surface area contributed by atoms with Crippen LogP contribution in [0.15, 0.2) is 85.1 Å². The third kappa shape index (κ3) is 7.17. The number of alkyl halides is 3. The van der Waals surface area contributed by atoms with E-state index in [-0.39, 0.29) is 30.0 Å². The molecule has 0 unspecified atom stereocenters. The van der Waals surface area contributed by atoms with Crippen LogP contribution in [0, 0.1) is 12.7 Å². The molecule has 0 aliphatic rings. The van der Waals surface area contributed by atoms with Gasteiger partial charge in [-0.2, -0.15) is 18.2 Å². The van der Waals surface area contributed by atoms with Gasteiger partial charge in [0, 0.05) is 35.9 Å². The molecular formula is C31H25F4N5O2. The second-order valence-electron chi connectivity index (χ2n) is 9.82. The highest BCUT2D eigenvalue weighted by atomic mass is 19.4. The summed E-state index contributed by atoms with van der Waals surface area (Å²) >= 11 is 0. The number of halogens is 4. The van der Waals surface area contributed by atoms with Crippen LogP contribution < -0.4 is 10.6 Å². The number of benzene rings is 3. The minimum absolute atomic E-state index is 0.0352. The van der Waals surface area contributed by atoms with Crippen LogP contribution in [0.2, 0.25) is 0 Å². The molecule has 2 heterocycles. The van der Waals surface area contributed by atoms with E-state index in [9.17, 15) is 27.2 Å². The van der Waals surface area contributed by atoms with Crippen LogP contribution >= 0.6 is 0 Å². The Morgan fingerprint density at radius 2 is 1.50 bits per heavy atom. The third-order valence-corrected chi connectivity index (χ3v) is 6.52. The molecule has 0 saturated heterocycles. The number of hydrogen-bond donors (Lipinski definition) is 2. The zero-order chi connectivity index (χ0) is 29.9. The maximum atomic E-state index is 13.1. The van der Waals surface area contributed by atoms with Crippen molar-refractivity contribution in [3.8, 4) is 11.1 Å². The number of pyridine rings is 1.